The molecule has 2 heterocycles. The normalized spacial score (nSPS) is 21.9. The second kappa shape index (κ2) is 6.62. The van der Waals surface area contributed by atoms with Gasteiger partial charge in [-0.15, -0.1) is 0 Å². The topological polar surface area (TPSA) is 55.8 Å². The van der Waals surface area contributed by atoms with E-state index in [4.69, 9.17) is 0 Å². The minimum absolute atomic E-state index is 0.0323. The van der Waals surface area contributed by atoms with Gasteiger partial charge in [0.15, 0.2) is 0 Å². The SMILES string of the molecule is O=C1NCCN1C1CCN(C[C@@H](O)c2ccccc2F)CC1. The van der Waals surface area contributed by atoms with Crippen molar-refractivity contribution in [1.82, 2.24) is 15.1 Å². The third-order valence-corrected chi connectivity index (χ3v) is 4.58. The van der Waals surface area contributed by atoms with Gasteiger partial charge in [0.2, 0.25) is 0 Å². The Morgan fingerprint density at radius 1 is 1.27 bits per heavy atom. The molecule has 1 aromatic rings. The van der Waals surface area contributed by atoms with Crippen LogP contribution in [0.1, 0.15) is 24.5 Å². The van der Waals surface area contributed by atoms with Gasteiger partial charge in [0.1, 0.15) is 5.82 Å². The van der Waals surface area contributed by atoms with Crippen LogP contribution < -0.4 is 5.32 Å². The molecule has 2 aliphatic rings. The number of aliphatic hydroxyl groups excluding tert-OH is 1. The number of carbonyl (C=O) groups is 1. The number of nitrogens with zero attached hydrogens (tertiary/aromatic N) is 2. The number of urea groups is 1. The zero-order valence-corrected chi connectivity index (χ0v) is 12.5. The third kappa shape index (κ3) is 3.23. The first-order valence-electron chi connectivity index (χ1n) is 7.84. The molecule has 1 atom stereocenters. The maximum absolute atomic E-state index is 13.7. The lowest BCUT2D eigenvalue weighted by Gasteiger charge is -2.36. The van der Waals surface area contributed by atoms with Crippen LogP contribution in [0.25, 0.3) is 0 Å². The highest BCUT2D eigenvalue weighted by Gasteiger charge is 2.31. The van der Waals surface area contributed by atoms with Gasteiger partial charge in [0.05, 0.1) is 6.10 Å². The van der Waals surface area contributed by atoms with Gasteiger partial charge >= 0.3 is 6.03 Å². The number of rotatable bonds is 4. The van der Waals surface area contributed by atoms with Crippen LogP contribution in [0.5, 0.6) is 0 Å². The molecule has 5 nitrogen and oxygen atoms in total. The molecule has 0 saturated carbocycles. The summed E-state index contributed by atoms with van der Waals surface area (Å²) in [5.41, 5.74) is 0.351. The molecule has 120 valence electrons. The number of nitrogens with one attached hydrogen (secondary N) is 1. The van der Waals surface area contributed by atoms with E-state index in [1.54, 1.807) is 18.2 Å². The van der Waals surface area contributed by atoms with Crippen LogP contribution in [0.3, 0.4) is 0 Å². The Morgan fingerprint density at radius 3 is 2.64 bits per heavy atom. The Morgan fingerprint density at radius 2 is 2.00 bits per heavy atom. The molecular formula is C16H22FN3O2. The molecule has 0 spiro atoms. The van der Waals surface area contributed by atoms with E-state index in [0.29, 0.717) is 12.1 Å². The molecular weight excluding hydrogens is 285 g/mol. The van der Waals surface area contributed by atoms with Crippen molar-refractivity contribution in [2.75, 3.05) is 32.7 Å². The van der Waals surface area contributed by atoms with Gasteiger partial charge in [-0.05, 0) is 18.9 Å². The molecule has 22 heavy (non-hydrogen) atoms. The molecule has 2 saturated heterocycles. The highest BCUT2D eigenvalue weighted by atomic mass is 19.1. The number of benzene rings is 1. The van der Waals surface area contributed by atoms with E-state index >= 15 is 0 Å². The summed E-state index contributed by atoms with van der Waals surface area (Å²) in [5.74, 6) is -0.362. The van der Waals surface area contributed by atoms with Gasteiger partial charge in [-0.1, -0.05) is 18.2 Å². The molecule has 3 rings (SSSR count). The van der Waals surface area contributed by atoms with Crippen LogP contribution in [0.4, 0.5) is 9.18 Å². The summed E-state index contributed by atoms with van der Waals surface area (Å²) in [4.78, 5) is 15.7. The summed E-state index contributed by atoms with van der Waals surface area (Å²) >= 11 is 0. The van der Waals surface area contributed by atoms with Crippen LogP contribution in [0, 0.1) is 5.82 Å². The summed E-state index contributed by atoms with van der Waals surface area (Å²) in [6.45, 7) is 3.58. The minimum atomic E-state index is -0.812. The molecule has 0 aromatic heterocycles. The van der Waals surface area contributed by atoms with Gasteiger partial charge < -0.3 is 20.2 Å². The van der Waals surface area contributed by atoms with E-state index in [1.165, 1.54) is 6.07 Å². The lowest BCUT2D eigenvalue weighted by molar-refractivity contribution is 0.0778. The van der Waals surface area contributed by atoms with E-state index in [-0.39, 0.29) is 17.9 Å². The summed E-state index contributed by atoms with van der Waals surface area (Å²) in [7, 11) is 0. The van der Waals surface area contributed by atoms with E-state index in [0.717, 1.165) is 39.0 Å². The highest BCUT2D eigenvalue weighted by molar-refractivity contribution is 5.76. The fourth-order valence-corrected chi connectivity index (χ4v) is 3.34. The number of halogens is 1. The first kappa shape index (κ1) is 15.2. The van der Waals surface area contributed by atoms with Crippen LogP contribution in [0.15, 0.2) is 24.3 Å². The van der Waals surface area contributed by atoms with E-state index in [2.05, 4.69) is 10.2 Å². The monoisotopic (exact) mass is 307 g/mol. The Hall–Kier alpha value is -1.66. The van der Waals surface area contributed by atoms with E-state index < -0.39 is 6.10 Å². The van der Waals surface area contributed by atoms with Gasteiger partial charge in [-0.3, -0.25) is 0 Å². The number of aliphatic hydroxyl groups is 1. The molecule has 2 aliphatic heterocycles. The molecule has 0 aliphatic carbocycles. The number of likely N-dealkylation sites (tertiary alicyclic amines) is 1. The second-order valence-electron chi connectivity index (χ2n) is 5.99. The standard InChI is InChI=1S/C16H22FN3O2/c17-14-4-2-1-3-13(14)15(21)11-19-8-5-12(6-9-19)20-10-7-18-16(20)22/h1-4,12,15,21H,5-11H2,(H,18,22)/t15-/m1/s1. The predicted octanol–water partition coefficient (Wildman–Crippen LogP) is 1.35. The highest BCUT2D eigenvalue weighted by Crippen LogP contribution is 2.22. The van der Waals surface area contributed by atoms with Crippen molar-refractivity contribution < 1.29 is 14.3 Å². The first-order valence-corrected chi connectivity index (χ1v) is 7.84. The minimum Gasteiger partial charge on any atom is -0.387 e. The van der Waals surface area contributed by atoms with Crippen LogP contribution in [-0.2, 0) is 0 Å². The lowest BCUT2D eigenvalue weighted by atomic mass is 10.0. The van der Waals surface area contributed by atoms with Crippen molar-refractivity contribution >= 4 is 6.03 Å². The van der Waals surface area contributed by atoms with Gasteiger partial charge in [0, 0.05) is 44.3 Å². The number of amides is 2. The van der Waals surface area contributed by atoms with Crippen LogP contribution in [-0.4, -0.2) is 59.7 Å². The molecule has 2 amide bonds. The Kier molecular flexibility index (Phi) is 4.59. The van der Waals surface area contributed by atoms with Crippen molar-refractivity contribution in [1.29, 1.82) is 0 Å². The number of piperidine rings is 1. The quantitative estimate of drug-likeness (QED) is 0.883. The largest absolute Gasteiger partial charge is 0.387 e. The van der Waals surface area contributed by atoms with Crippen molar-refractivity contribution in [3.8, 4) is 0 Å². The van der Waals surface area contributed by atoms with Crippen molar-refractivity contribution in [3.05, 3.63) is 35.6 Å². The lowest BCUT2D eigenvalue weighted by Crippen LogP contribution is -2.46. The maximum atomic E-state index is 13.7. The summed E-state index contributed by atoms with van der Waals surface area (Å²) < 4.78 is 13.7. The molecule has 0 unspecified atom stereocenters. The zero-order chi connectivity index (χ0) is 15.5. The molecule has 1 aromatic carbocycles. The van der Waals surface area contributed by atoms with Crippen molar-refractivity contribution in [3.63, 3.8) is 0 Å². The van der Waals surface area contributed by atoms with Gasteiger partial charge in [-0.25, -0.2) is 9.18 Å². The van der Waals surface area contributed by atoms with Crippen molar-refractivity contribution in [2.45, 2.75) is 25.0 Å². The fraction of sp³-hybridized carbons (Fsp3) is 0.562. The van der Waals surface area contributed by atoms with Gasteiger partial charge in [-0.2, -0.15) is 0 Å². The van der Waals surface area contributed by atoms with E-state index in [9.17, 15) is 14.3 Å². The summed E-state index contributed by atoms with van der Waals surface area (Å²) in [5, 5.41) is 13.0. The Bertz CT molecular complexity index is 532. The average molecular weight is 307 g/mol. The Labute approximate surface area is 129 Å². The zero-order valence-electron chi connectivity index (χ0n) is 12.5. The fourth-order valence-electron chi connectivity index (χ4n) is 3.34. The van der Waals surface area contributed by atoms with Gasteiger partial charge in [0.25, 0.3) is 0 Å². The summed E-state index contributed by atoms with van der Waals surface area (Å²) in [6.07, 6.45) is 0.988. The predicted molar refractivity (Wildman–Crippen MR) is 80.9 cm³/mol. The number of hydrogen-bond acceptors (Lipinski definition) is 3. The van der Waals surface area contributed by atoms with E-state index in [1.807, 2.05) is 4.90 Å². The molecule has 2 fully saturated rings. The third-order valence-electron chi connectivity index (χ3n) is 4.58. The summed E-state index contributed by atoms with van der Waals surface area (Å²) in [6, 6.07) is 6.67. The molecule has 0 bridgehead atoms. The molecule has 2 N–H and O–H groups in total. The number of carbonyl (C=O) groups excluding carboxylic acids is 1. The smallest absolute Gasteiger partial charge is 0.317 e. The average Bonchev–Trinajstić information content (AvgIpc) is 2.94. The van der Waals surface area contributed by atoms with Crippen LogP contribution in [0.2, 0.25) is 0 Å². The maximum Gasteiger partial charge on any atom is 0.317 e. The van der Waals surface area contributed by atoms with Crippen molar-refractivity contribution in [2.24, 2.45) is 0 Å². The number of hydrogen-bond donors (Lipinski definition) is 2. The molecule has 6 heteroatoms. The first-order chi connectivity index (χ1) is 10.6. The second-order valence-corrected chi connectivity index (χ2v) is 5.99. The van der Waals surface area contributed by atoms with Crippen LogP contribution >= 0.6 is 0 Å². The molecule has 0 radical (unpaired) electrons. The number of β-amino-alcohol motifs (C(OH)–C–C–N with tert-alkyl or cyclic N) is 1. The Balaban J connectivity index is 1.51.